The molecule has 0 spiro atoms. The smallest absolute Gasteiger partial charge is 0.326 e. The van der Waals surface area contributed by atoms with Crippen LogP contribution in [0.3, 0.4) is 0 Å². The highest BCUT2D eigenvalue weighted by Gasteiger charge is 2.52. The summed E-state index contributed by atoms with van der Waals surface area (Å²) >= 11 is 0. The van der Waals surface area contributed by atoms with Crippen LogP contribution >= 0.6 is 0 Å². The number of carboxylic acid groups (broad SMARTS) is 1. The monoisotopic (exact) mass is 320 g/mol. The number of hydrogen-bond donors (Lipinski definition) is 2. The summed E-state index contributed by atoms with van der Waals surface area (Å²) in [5.41, 5.74) is -0.850. The molecule has 122 valence electrons. The summed E-state index contributed by atoms with van der Waals surface area (Å²) in [4.78, 5) is 36.6. The molecule has 1 saturated heterocycles. The molecule has 0 aromatic heterocycles. The van der Waals surface area contributed by atoms with E-state index in [1.54, 1.807) is 18.2 Å². The SMILES string of the molecule is CC(C(=O)O)N1C(=O)NC(C)(c2ccc3c(c2)OCCO3)C1=O. The number of carbonyl (C=O) groups is 3. The first-order chi connectivity index (χ1) is 10.8. The van der Waals surface area contributed by atoms with Crippen LogP contribution < -0.4 is 14.8 Å². The molecule has 1 aromatic rings. The fraction of sp³-hybridized carbons (Fsp3) is 0.400. The Kier molecular flexibility index (Phi) is 3.39. The minimum Gasteiger partial charge on any atom is -0.486 e. The van der Waals surface area contributed by atoms with Crippen LogP contribution in [0.2, 0.25) is 0 Å². The molecule has 0 bridgehead atoms. The van der Waals surface area contributed by atoms with Crippen molar-refractivity contribution >= 4 is 17.9 Å². The predicted octanol–water partition coefficient (Wildman–Crippen LogP) is 0.698. The summed E-state index contributed by atoms with van der Waals surface area (Å²) in [6, 6.07) is 2.96. The summed E-state index contributed by atoms with van der Waals surface area (Å²) < 4.78 is 10.9. The molecule has 8 nitrogen and oxygen atoms in total. The molecule has 2 aliphatic heterocycles. The Labute approximate surface area is 132 Å². The van der Waals surface area contributed by atoms with Gasteiger partial charge in [0.15, 0.2) is 11.5 Å². The van der Waals surface area contributed by atoms with Gasteiger partial charge < -0.3 is 19.9 Å². The average molecular weight is 320 g/mol. The molecule has 1 aromatic carbocycles. The summed E-state index contributed by atoms with van der Waals surface area (Å²) in [6.07, 6.45) is 0. The summed E-state index contributed by atoms with van der Waals surface area (Å²) in [6.45, 7) is 3.67. The van der Waals surface area contributed by atoms with Crippen molar-refractivity contribution in [2.75, 3.05) is 13.2 Å². The molecule has 8 heteroatoms. The van der Waals surface area contributed by atoms with Gasteiger partial charge in [0, 0.05) is 0 Å². The third-order valence-electron chi connectivity index (χ3n) is 4.09. The number of ether oxygens (including phenoxy) is 2. The van der Waals surface area contributed by atoms with E-state index in [1.165, 1.54) is 13.8 Å². The van der Waals surface area contributed by atoms with Crippen molar-refractivity contribution < 1.29 is 29.0 Å². The van der Waals surface area contributed by atoms with Crippen LogP contribution in [-0.2, 0) is 15.1 Å². The maximum Gasteiger partial charge on any atom is 0.326 e. The highest BCUT2D eigenvalue weighted by atomic mass is 16.6. The standard InChI is InChI=1S/C15H16N2O6/c1-8(12(18)19)17-13(20)15(2,16-14(17)21)9-3-4-10-11(7-9)23-6-5-22-10/h3-4,7-8H,5-6H2,1-2H3,(H,16,21)(H,18,19). The molecule has 2 N–H and O–H groups in total. The van der Waals surface area contributed by atoms with Crippen LogP contribution in [0.1, 0.15) is 19.4 Å². The lowest BCUT2D eigenvalue weighted by Crippen LogP contribution is -2.45. The van der Waals surface area contributed by atoms with E-state index < -0.39 is 29.5 Å². The van der Waals surface area contributed by atoms with E-state index in [4.69, 9.17) is 14.6 Å². The number of urea groups is 1. The summed E-state index contributed by atoms with van der Waals surface area (Å²) in [5, 5.41) is 11.6. The van der Waals surface area contributed by atoms with Gasteiger partial charge in [0.2, 0.25) is 0 Å². The van der Waals surface area contributed by atoms with Gasteiger partial charge in [-0.05, 0) is 31.5 Å². The Balaban J connectivity index is 1.97. The number of benzene rings is 1. The van der Waals surface area contributed by atoms with Crippen LogP contribution in [0.25, 0.3) is 0 Å². The number of amides is 3. The van der Waals surface area contributed by atoms with Gasteiger partial charge in [-0.3, -0.25) is 4.79 Å². The predicted molar refractivity (Wildman–Crippen MR) is 77.3 cm³/mol. The maximum atomic E-state index is 12.7. The molecule has 23 heavy (non-hydrogen) atoms. The van der Waals surface area contributed by atoms with Crippen molar-refractivity contribution in [2.45, 2.75) is 25.4 Å². The third kappa shape index (κ3) is 2.26. The zero-order valence-corrected chi connectivity index (χ0v) is 12.7. The number of imide groups is 1. The average Bonchev–Trinajstić information content (AvgIpc) is 2.76. The van der Waals surface area contributed by atoms with Crippen LogP contribution in [0, 0.1) is 0 Å². The van der Waals surface area contributed by atoms with Crippen LogP contribution in [-0.4, -0.2) is 47.2 Å². The number of carbonyl (C=O) groups excluding carboxylic acids is 2. The topological polar surface area (TPSA) is 105 Å². The molecule has 3 rings (SSSR count). The fourth-order valence-corrected chi connectivity index (χ4v) is 2.67. The molecule has 0 aliphatic carbocycles. The van der Waals surface area contributed by atoms with Crippen molar-refractivity contribution in [3.05, 3.63) is 23.8 Å². The van der Waals surface area contributed by atoms with Gasteiger partial charge in [-0.25, -0.2) is 14.5 Å². The molecule has 2 atom stereocenters. The molecule has 0 radical (unpaired) electrons. The lowest BCUT2D eigenvalue weighted by Gasteiger charge is -2.25. The first-order valence-electron chi connectivity index (χ1n) is 7.13. The van der Waals surface area contributed by atoms with E-state index in [2.05, 4.69) is 5.32 Å². The van der Waals surface area contributed by atoms with E-state index in [0.29, 0.717) is 30.3 Å². The van der Waals surface area contributed by atoms with E-state index in [0.717, 1.165) is 4.90 Å². The fourth-order valence-electron chi connectivity index (χ4n) is 2.67. The minimum atomic E-state index is -1.35. The zero-order chi connectivity index (χ0) is 16.8. The molecule has 2 heterocycles. The quantitative estimate of drug-likeness (QED) is 0.794. The molecule has 0 saturated carbocycles. The lowest BCUT2D eigenvalue weighted by atomic mass is 9.91. The molecular weight excluding hydrogens is 304 g/mol. The molecule has 2 unspecified atom stereocenters. The Bertz CT molecular complexity index is 703. The number of aliphatic carboxylic acids is 1. The second-order valence-electron chi connectivity index (χ2n) is 5.60. The highest BCUT2D eigenvalue weighted by molar-refractivity contribution is 6.09. The number of rotatable bonds is 3. The first-order valence-corrected chi connectivity index (χ1v) is 7.13. The van der Waals surface area contributed by atoms with Gasteiger partial charge in [-0.2, -0.15) is 0 Å². The first kappa shape index (κ1) is 15.1. The van der Waals surface area contributed by atoms with E-state index >= 15 is 0 Å². The van der Waals surface area contributed by atoms with Crippen molar-refractivity contribution in [1.82, 2.24) is 10.2 Å². The molecule has 1 fully saturated rings. The zero-order valence-electron chi connectivity index (χ0n) is 12.7. The van der Waals surface area contributed by atoms with Gasteiger partial charge >= 0.3 is 12.0 Å². The number of hydrogen-bond acceptors (Lipinski definition) is 5. The van der Waals surface area contributed by atoms with E-state index in [-0.39, 0.29) is 0 Å². The molecular formula is C15H16N2O6. The Morgan fingerprint density at radius 3 is 2.61 bits per heavy atom. The third-order valence-corrected chi connectivity index (χ3v) is 4.09. The Morgan fingerprint density at radius 2 is 1.96 bits per heavy atom. The van der Waals surface area contributed by atoms with Crippen molar-refractivity contribution in [2.24, 2.45) is 0 Å². The number of fused-ring (bicyclic) bond motifs is 1. The van der Waals surface area contributed by atoms with Crippen molar-refractivity contribution in [3.63, 3.8) is 0 Å². The van der Waals surface area contributed by atoms with Crippen molar-refractivity contribution in [3.8, 4) is 11.5 Å². The largest absolute Gasteiger partial charge is 0.486 e. The van der Waals surface area contributed by atoms with Gasteiger partial charge in [-0.1, -0.05) is 6.07 Å². The summed E-state index contributed by atoms with van der Waals surface area (Å²) in [7, 11) is 0. The number of carboxylic acids is 1. The van der Waals surface area contributed by atoms with Crippen LogP contribution in [0.15, 0.2) is 18.2 Å². The highest BCUT2D eigenvalue weighted by Crippen LogP contribution is 2.37. The lowest BCUT2D eigenvalue weighted by molar-refractivity contribution is -0.147. The van der Waals surface area contributed by atoms with Crippen molar-refractivity contribution in [1.29, 1.82) is 0 Å². The molecule has 3 amide bonds. The van der Waals surface area contributed by atoms with E-state index in [1.807, 2.05) is 0 Å². The molecule has 2 aliphatic rings. The Hall–Kier alpha value is -2.77. The Morgan fingerprint density at radius 1 is 1.30 bits per heavy atom. The van der Waals surface area contributed by atoms with Gasteiger partial charge in [-0.15, -0.1) is 0 Å². The minimum absolute atomic E-state index is 0.398. The second-order valence-corrected chi connectivity index (χ2v) is 5.60. The van der Waals surface area contributed by atoms with E-state index in [9.17, 15) is 14.4 Å². The normalized spacial score (nSPS) is 24.3. The van der Waals surface area contributed by atoms with Gasteiger partial charge in [0.05, 0.1) is 0 Å². The maximum absolute atomic E-state index is 12.7. The summed E-state index contributed by atoms with van der Waals surface area (Å²) in [5.74, 6) is -0.813. The number of nitrogens with zero attached hydrogens (tertiary/aromatic N) is 1. The van der Waals surface area contributed by atoms with Gasteiger partial charge in [0.1, 0.15) is 24.8 Å². The second kappa shape index (κ2) is 5.15. The van der Waals surface area contributed by atoms with Crippen LogP contribution in [0.4, 0.5) is 4.79 Å². The van der Waals surface area contributed by atoms with Crippen LogP contribution in [0.5, 0.6) is 11.5 Å². The van der Waals surface area contributed by atoms with Gasteiger partial charge in [0.25, 0.3) is 5.91 Å². The number of nitrogens with one attached hydrogen (secondary N) is 1.